The highest BCUT2D eigenvalue weighted by Gasteiger charge is 2.29. The molecule has 16 heavy (non-hydrogen) atoms. The van der Waals surface area contributed by atoms with Crippen molar-refractivity contribution in [3.05, 3.63) is 5.82 Å². The van der Waals surface area contributed by atoms with Gasteiger partial charge in [-0.15, -0.1) is 10.2 Å². The van der Waals surface area contributed by atoms with Gasteiger partial charge in [0.2, 0.25) is 0 Å². The van der Waals surface area contributed by atoms with Gasteiger partial charge in [-0.1, -0.05) is 19.3 Å². The Kier molecular flexibility index (Phi) is 3.14. The number of aromatic nitrogens is 4. The quantitative estimate of drug-likeness (QED) is 0.650. The number of carbonyl (C=O) groups is 1. The van der Waals surface area contributed by atoms with Gasteiger partial charge in [-0.3, -0.25) is 4.79 Å². The molecule has 0 unspecified atom stereocenters. The number of nitrogens with zero attached hydrogens (tertiary/aromatic N) is 3. The molecule has 2 rings (SSSR count). The van der Waals surface area contributed by atoms with Crippen LogP contribution in [0.3, 0.4) is 0 Å². The van der Waals surface area contributed by atoms with Crippen molar-refractivity contribution in [2.24, 2.45) is 0 Å². The summed E-state index contributed by atoms with van der Waals surface area (Å²) in [6, 6.07) is 0. The monoisotopic (exact) mass is 225 g/mol. The summed E-state index contributed by atoms with van der Waals surface area (Å²) < 4.78 is 0. The van der Waals surface area contributed by atoms with Crippen LogP contribution in [0.1, 0.15) is 42.7 Å². The first-order valence-corrected chi connectivity index (χ1v) is 5.44. The van der Waals surface area contributed by atoms with Crippen molar-refractivity contribution in [1.29, 1.82) is 0 Å². The molecule has 1 saturated carbocycles. The molecule has 1 aromatic rings. The van der Waals surface area contributed by atoms with E-state index in [4.69, 9.17) is 0 Å². The van der Waals surface area contributed by atoms with Crippen LogP contribution in [0.2, 0.25) is 0 Å². The average molecular weight is 225 g/mol. The number of tetrazole rings is 1. The van der Waals surface area contributed by atoms with Crippen molar-refractivity contribution in [2.75, 3.05) is 6.54 Å². The SMILES string of the molecule is O=C(NCC1(O)CCCCC1)c1nn[nH]n1. The lowest BCUT2D eigenvalue weighted by Gasteiger charge is -2.31. The molecule has 1 aliphatic carbocycles. The maximum absolute atomic E-state index is 11.5. The third-order valence-electron chi connectivity index (χ3n) is 2.91. The van der Waals surface area contributed by atoms with Crippen LogP contribution in [-0.4, -0.2) is 43.8 Å². The number of amides is 1. The van der Waals surface area contributed by atoms with Gasteiger partial charge in [-0.05, 0) is 18.1 Å². The van der Waals surface area contributed by atoms with Crippen molar-refractivity contribution in [3.8, 4) is 0 Å². The summed E-state index contributed by atoms with van der Waals surface area (Å²) in [7, 11) is 0. The van der Waals surface area contributed by atoms with Gasteiger partial charge in [0.15, 0.2) is 0 Å². The van der Waals surface area contributed by atoms with Crippen molar-refractivity contribution in [3.63, 3.8) is 0 Å². The number of hydrogen-bond donors (Lipinski definition) is 3. The Balaban J connectivity index is 1.84. The molecule has 1 aromatic heterocycles. The molecular formula is C9H15N5O2. The van der Waals surface area contributed by atoms with E-state index >= 15 is 0 Å². The standard InChI is InChI=1S/C9H15N5O2/c15-8(7-11-13-14-12-7)10-6-9(16)4-2-1-3-5-9/h16H,1-6H2,(H,10,15)(H,11,12,13,14). The molecule has 0 atom stereocenters. The van der Waals surface area contributed by atoms with E-state index in [0.29, 0.717) is 0 Å². The van der Waals surface area contributed by atoms with E-state index in [1.54, 1.807) is 0 Å². The predicted octanol–water partition coefficient (Wildman–Crippen LogP) is -0.375. The molecule has 0 bridgehead atoms. The third-order valence-corrected chi connectivity index (χ3v) is 2.91. The second-order valence-corrected chi connectivity index (χ2v) is 4.20. The molecule has 1 aliphatic rings. The molecule has 0 radical (unpaired) electrons. The number of aliphatic hydroxyl groups is 1. The Morgan fingerprint density at radius 3 is 2.81 bits per heavy atom. The van der Waals surface area contributed by atoms with Crippen LogP contribution in [0.5, 0.6) is 0 Å². The smallest absolute Gasteiger partial charge is 0.292 e. The van der Waals surface area contributed by atoms with E-state index in [0.717, 1.165) is 32.1 Å². The molecule has 1 heterocycles. The number of nitrogens with one attached hydrogen (secondary N) is 2. The van der Waals surface area contributed by atoms with Crippen LogP contribution in [0.25, 0.3) is 0 Å². The highest BCUT2D eigenvalue weighted by Crippen LogP contribution is 2.27. The van der Waals surface area contributed by atoms with Gasteiger partial charge in [0.25, 0.3) is 11.7 Å². The summed E-state index contributed by atoms with van der Waals surface area (Å²) in [5.74, 6) is -0.410. The second kappa shape index (κ2) is 4.56. The van der Waals surface area contributed by atoms with Crippen LogP contribution < -0.4 is 5.32 Å². The lowest BCUT2D eigenvalue weighted by atomic mass is 9.85. The Morgan fingerprint density at radius 2 is 2.19 bits per heavy atom. The van der Waals surface area contributed by atoms with Gasteiger partial charge >= 0.3 is 0 Å². The minimum Gasteiger partial charge on any atom is -0.388 e. The largest absolute Gasteiger partial charge is 0.388 e. The summed E-state index contributed by atoms with van der Waals surface area (Å²) in [6.07, 6.45) is 4.64. The summed E-state index contributed by atoms with van der Waals surface area (Å²) in [5, 5.41) is 25.4. The molecule has 3 N–H and O–H groups in total. The van der Waals surface area contributed by atoms with Gasteiger partial charge in [0.1, 0.15) is 0 Å². The number of aromatic amines is 1. The lowest BCUT2D eigenvalue weighted by molar-refractivity contribution is 0.00516. The summed E-state index contributed by atoms with van der Waals surface area (Å²) in [6.45, 7) is 0.250. The van der Waals surface area contributed by atoms with Crippen LogP contribution in [0.15, 0.2) is 0 Å². The molecule has 0 spiro atoms. The highest BCUT2D eigenvalue weighted by molar-refractivity contribution is 5.90. The first-order valence-electron chi connectivity index (χ1n) is 5.44. The fourth-order valence-electron chi connectivity index (χ4n) is 1.97. The normalized spacial score (nSPS) is 19.3. The minimum atomic E-state index is -0.766. The van der Waals surface area contributed by atoms with E-state index < -0.39 is 11.5 Å². The Bertz CT molecular complexity index is 345. The Hall–Kier alpha value is -1.50. The van der Waals surface area contributed by atoms with Crippen LogP contribution in [0.4, 0.5) is 0 Å². The van der Waals surface area contributed by atoms with E-state index in [1.165, 1.54) is 0 Å². The van der Waals surface area contributed by atoms with Crippen molar-refractivity contribution in [1.82, 2.24) is 25.9 Å². The van der Waals surface area contributed by atoms with Gasteiger partial charge in [0, 0.05) is 6.54 Å². The molecule has 7 heteroatoms. The van der Waals surface area contributed by atoms with Gasteiger partial charge in [-0.25, -0.2) is 0 Å². The van der Waals surface area contributed by atoms with E-state index in [2.05, 4.69) is 25.9 Å². The van der Waals surface area contributed by atoms with Crippen molar-refractivity contribution < 1.29 is 9.90 Å². The molecule has 0 aromatic carbocycles. The Morgan fingerprint density at radius 1 is 1.44 bits per heavy atom. The lowest BCUT2D eigenvalue weighted by Crippen LogP contribution is -2.44. The number of hydrogen-bond acceptors (Lipinski definition) is 5. The summed E-state index contributed by atoms with van der Waals surface area (Å²) in [4.78, 5) is 11.5. The number of carbonyl (C=O) groups excluding carboxylic acids is 1. The van der Waals surface area contributed by atoms with Crippen molar-refractivity contribution in [2.45, 2.75) is 37.7 Å². The Labute approximate surface area is 92.6 Å². The first kappa shape index (κ1) is 11.0. The number of H-pyrrole nitrogens is 1. The van der Waals surface area contributed by atoms with E-state index in [-0.39, 0.29) is 12.4 Å². The zero-order valence-electron chi connectivity index (χ0n) is 8.94. The topological polar surface area (TPSA) is 104 Å². The zero-order chi connectivity index (χ0) is 11.4. The second-order valence-electron chi connectivity index (χ2n) is 4.20. The third kappa shape index (κ3) is 2.54. The van der Waals surface area contributed by atoms with Crippen molar-refractivity contribution >= 4 is 5.91 Å². The molecule has 7 nitrogen and oxygen atoms in total. The van der Waals surface area contributed by atoms with Crippen LogP contribution >= 0.6 is 0 Å². The molecule has 0 saturated heterocycles. The fraction of sp³-hybridized carbons (Fsp3) is 0.778. The molecule has 1 amide bonds. The van der Waals surface area contributed by atoms with E-state index in [9.17, 15) is 9.90 Å². The zero-order valence-corrected chi connectivity index (χ0v) is 8.94. The highest BCUT2D eigenvalue weighted by atomic mass is 16.3. The molecule has 0 aliphatic heterocycles. The van der Waals surface area contributed by atoms with Gasteiger partial charge in [-0.2, -0.15) is 5.21 Å². The van der Waals surface area contributed by atoms with Gasteiger partial charge in [0.05, 0.1) is 5.60 Å². The molecular weight excluding hydrogens is 210 g/mol. The van der Waals surface area contributed by atoms with Gasteiger partial charge < -0.3 is 10.4 Å². The maximum atomic E-state index is 11.5. The molecule has 1 fully saturated rings. The first-order chi connectivity index (χ1) is 7.70. The van der Waals surface area contributed by atoms with E-state index in [1.807, 2.05) is 0 Å². The maximum Gasteiger partial charge on any atom is 0.292 e. The predicted molar refractivity (Wildman–Crippen MR) is 54.5 cm³/mol. The fourth-order valence-corrected chi connectivity index (χ4v) is 1.97. The summed E-state index contributed by atoms with van der Waals surface area (Å²) >= 11 is 0. The number of rotatable bonds is 3. The molecule has 88 valence electrons. The van der Waals surface area contributed by atoms with Crippen LogP contribution in [-0.2, 0) is 0 Å². The summed E-state index contributed by atoms with van der Waals surface area (Å²) in [5.41, 5.74) is -0.766. The average Bonchev–Trinajstić information content (AvgIpc) is 2.80. The van der Waals surface area contributed by atoms with Crippen LogP contribution in [0, 0.1) is 0 Å². The minimum absolute atomic E-state index is 0.000547.